The first-order valence-electron chi connectivity index (χ1n) is 26.7. The van der Waals surface area contributed by atoms with Crippen LogP contribution in [0.5, 0.6) is 0 Å². The van der Waals surface area contributed by atoms with Gasteiger partial charge in [0.1, 0.15) is 48.7 Å². The van der Waals surface area contributed by atoms with Gasteiger partial charge in [-0.1, -0.05) is 129 Å². The lowest BCUT2D eigenvalue weighted by Gasteiger charge is -2.46. The monoisotopic (exact) mass is 1130 g/mol. The van der Waals surface area contributed by atoms with Crippen molar-refractivity contribution >= 4 is 35.1 Å². The van der Waals surface area contributed by atoms with E-state index in [0.717, 1.165) is 70.9 Å². The molecule has 2 aliphatic heterocycles. The van der Waals surface area contributed by atoms with Gasteiger partial charge in [0, 0.05) is 13.2 Å². The fourth-order valence-electron chi connectivity index (χ4n) is 8.51. The van der Waals surface area contributed by atoms with Crippen molar-refractivity contribution in [3.8, 4) is 0 Å². The maximum Gasteiger partial charge on any atom is 0.481 e. The van der Waals surface area contributed by atoms with E-state index in [0.29, 0.717) is 19.3 Å². The lowest BCUT2D eigenvalue weighted by molar-refractivity contribution is -0.297. The molecule has 2 fully saturated rings. The van der Waals surface area contributed by atoms with Crippen LogP contribution in [0.1, 0.15) is 176 Å². The van der Waals surface area contributed by atoms with Crippen LogP contribution >= 0.6 is 23.2 Å². The Balaban J connectivity index is 2.32. The van der Waals surface area contributed by atoms with Crippen LogP contribution in [-0.4, -0.2) is 164 Å². The quantitative estimate of drug-likeness (QED) is 0.0282. The highest BCUT2D eigenvalue weighted by Crippen LogP contribution is 2.61. The number of rotatable bonds is 40. The summed E-state index contributed by atoms with van der Waals surface area (Å²) in [5.74, 6) is -1.61. The van der Waals surface area contributed by atoms with E-state index in [4.69, 9.17) is 33.7 Å². The molecular formula is C47H94N3O21P3. The van der Waals surface area contributed by atoms with Crippen LogP contribution in [0.4, 0.5) is 0 Å². The van der Waals surface area contributed by atoms with Gasteiger partial charge < -0.3 is 75.5 Å². The number of phosphoric acid groups is 2. The number of carbonyl (C=O) groups is 2. The van der Waals surface area contributed by atoms with Gasteiger partial charge in [0.05, 0.1) is 50.5 Å². The maximum atomic E-state index is 13.6. The van der Waals surface area contributed by atoms with Crippen LogP contribution in [0.15, 0.2) is 0 Å². The second-order valence-electron chi connectivity index (χ2n) is 20.6. The Kier molecular flexibility index (Phi) is 33.2. The molecule has 2 amide bonds. The summed E-state index contributed by atoms with van der Waals surface area (Å²) in [5, 5.41) is 61.1. The SMILES string of the molecule is CCCCCCCCCCC[C@@H](O)CC(=O)NC1[C@@H](OP(C)(=O)O)OC(CO[C@@H]2OC(COC(C)(C)C)[C@@H](OP(=O)(O)OP(=O)(O)OCCN)[C@H](O)C2NC(=O)C[C@H](O)CCCCCCCCCCC)[C@@H](O)[C@@H]1O. The van der Waals surface area contributed by atoms with Gasteiger partial charge in [0.25, 0.3) is 0 Å². The van der Waals surface area contributed by atoms with E-state index >= 15 is 0 Å². The van der Waals surface area contributed by atoms with Crippen molar-refractivity contribution in [3.63, 3.8) is 0 Å². The molecule has 7 unspecified atom stereocenters. The van der Waals surface area contributed by atoms with E-state index in [1.807, 2.05) is 0 Å². The zero-order chi connectivity index (χ0) is 55.5. The van der Waals surface area contributed by atoms with Crippen LogP contribution in [-0.2, 0) is 60.1 Å². The van der Waals surface area contributed by atoms with Gasteiger partial charge in [-0.3, -0.25) is 27.7 Å². The number of unbranched alkanes of at least 4 members (excludes halogenated alkanes) is 16. The van der Waals surface area contributed by atoms with E-state index in [9.17, 15) is 63.5 Å². The molecule has 2 rings (SSSR count). The minimum Gasteiger partial charge on any atom is -0.393 e. The largest absolute Gasteiger partial charge is 0.481 e. The molecule has 0 aromatic rings. The summed E-state index contributed by atoms with van der Waals surface area (Å²) in [5.41, 5.74) is 4.40. The summed E-state index contributed by atoms with van der Waals surface area (Å²) in [6, 6.07) is -3.40. The normalized spacial score (nSPS) is 27.9. The van der Waals surface area contributed by atoms with Crippen molar-refractivity contribution in [1.82, 2.24) is 10.6 Å². The van der Waals surface area contributed by atoms with Crippen molar-refractivity contribution in [3.05, 3.63) is 0 Å². The van der Waals surface area contributed by atoms with Crippen LogP contribution in [0.3, 0.4) is 0 Å². The summed E-state index contributed by atoms with van der Waals surface area (Å²) >= 11 is 0. The van der Waals surface area contributed by atoms with Crippen LogP contribution < -0.4 is 16.4 Å². The third-order valence-electron chi connectivity index (χ3n) is 12.4. The summed E-state index contributed by atoms with van der Waals surface area (Å²) in [6.07, 6.45) is 1.52. The third kappa shape index (κ3) is 29.2. The van der Waals surface area contributed by atoms with E-state index in [1.54, 1.807) is 20.8 Å². The molecule has 0 aromatic heterocycles. The molecule has 0 spiro atoms. The first-order valence-corrected chi connectivity index (χ1v) is 31.7. The minimum absolute atomic E-state index is 0.263. The van der Waals surface area contributed by atoms with E-state index < -0.39 is 147 Å². The molecule has 15 atom stereocenters. The van der Waals surface area contributed by atoms with E-state index in [2.05, 4.69) is 33.3 Å². The van der Waals surface area contributed by atoms with Gasteiger partial charge >= 0.3 is 23.2 Å². The fraction of sp³-hybridized carbons (Fsp3) is 0.957. The Labute approximate surface area is 438 Å². The number of carbonyl (C=O) groups excluding carboxylic acids is 2. The van der Waals surface area contributed by atoms with Gasteiger partial charge in [-0.05, 0) is 33.6 Å². The highest BCUT2D eigenvalue weighted by Gasteiger charge is 2.53. The molecule has 0 saturated carbocycles. The molecule has 12 N–H and O–H groups in total. The molecule has 2 heterocycles. The maximum absolute atomic E-state index is 13.6. The molecule has 438 valence electrons. The molecule has 2 aliphatic rings. The predicted octanol–water partition coefficient (Wildman–Crippen LogP) is 5.07. The van der Waals surface area contributed by atoms with Gasteiger partial charge in [-0.15, -0.1) is 0 Å². The second-order valence-corrected chi connectivity index (χ2v) is 25.4. The zero-order valence-corrected chi connectivity index (χ0v) is 47.3. The van der Waals surface area contributed by atoms with E-state index in [1.165, 1.54) is 38.5 Å². The topological polar surface area (TPSA) is 371 Å². The van der Waals surface area contributed by atoms with Crippen molar-refractivity contribution in [1.29, 1.82) is 0 Å². The molecule has 24 nitrogen and oxygen atoms in total. The molecule has 0 aromatic carbocycles. The molecule has 2 saturated heterocycles. The van der Waals surface area contributed by atoms with Crippen molar-refractivity contribution in [2.45, 2.75) is 255 Å². The Morgan fingerprint density at radius 3 is 1.51 bits per heavy atom. The van der Waals surface area contributed by atoms with Gasteiger partial charge in [-0.25, -0.2) is 9.13 Å². The number of aliphatic hydroxyl groups is 5. The summed E-state index contributed by atoms with van der Waals surface area (Å²) in [7, 11) is -15.4. The minimum atomic E-state index is -5.66. The number of hydrogen-bond acceptors (Lipinski definition) is 19. The number of phosphoric ester groups is 2. The Morgan fingerprint density at radius 1 is 0.622 bits per heavy atom. The van der Waals surface area contributed by atoms with Gasteiger partial charge in [-0.2, -0.15) is 4.31 Å². The molecule has 0 radical (unpaired) electrons. The summed E-state index contributed by atoms with van der Waals surface area (Å²) < 4.78 is 81.7. The Hall–Kier alpha value is -1.05. The first kappa shape index (κ1) is 69.1. The predicted molar refractivity (Wildman–Crippen MR) is 273 cm³/mol. The molecule has 74 heavy (non-hydrogen) atoms. The van der Waals surface area contributed by atoms with Crippen molar-refractivity contribution < 1.29 is 100 Å². The average molecular weight is 1130 g/mol. The standard InChI is InChI=1S/C47H94N3O21P3/c1-7-9-11-13-15-17-19-21-23-25-33(51)29-37(53)49-39-42(56)41(55)35(67-46(39)70-72(6,58)59)31-64-45-40(50-38(54)30-34(52)26-24-22-20-18-16-14-12-10-8-2)43(57)44(36(68-45)32-65-47(3,4)5)69-74(62,63)71-73(60,61)66-28-27-48/h33-36,39-46,51-52,55-57H,7-32,48H2,1-6H3,(H,49,53)(H,50,54)(H,58,59)(H,60,61)(H,62,63)/t33-,34-,35?,36?,39?,40?,41-,42-,43-,44-,45-,46-/m1/s1. The third-order valence-corrected chi connectivity index (χ3v) is 15.7. The summed E-state index contributed by atoms with van der Waals surface area (Å²) in [6.45, 7) is 7.98. The smallest absolute Gasteiger partial charge is 0.393 e. The van der Waals surface area contributed by atoms with Crippen molar-refractivity contribution in [2.75, 3.05) is 33.0 Å². The van der Waals surface area contributed by atoms with Gasteiger partial charge in [0.2, 0.25) is 11.8 Å². The lowest BCUT2D eigenvalue weighted by Crippen LogP contribution is -2.67. The first-order chi connectivity index (χ1) is 34.7. The molecule has 27 heteroatoms. The van der Waals surface area contributed by atoms with Crippen molar-refractivity contribution in [2.24, 2.45) is 5.73 Å². The number of ether oxygens (including phenoxy) is 4. The van der Waals surface area contributed by atoms with Crippen LogP contribution in [0, 0.1) is 0 Å². The highest BCUT2D eigenvalue weighted by molar-refractivity contribution is 7.61. The number of hydrogen-bond donors (Lipinski definition) is 11. The van der Waals surface area contributed by atoms with Crippen LogP contribution in [0.25, 0.3) is 0 Å². The van der Waals surface area contributed by atoms with E-state index in [-0.39, 0.29) is 13.0 Å². The second kappa shape index (κ2) is 35.5. The summed E-state index contributed by atoms with van der Waals surface area (Å²) in [4.78, 5) is 57.7. The van der Waals surface area contributed by atoms with Gasteiger partial charge in [0.15, 0.2) is 12.6 Å². The molecule has 0 aliphatic carbocycles. The number of nitrogens with one attached hydrogen (secondary N) is 2. The highest BCUT2D eigenvalue weighted by atomic mass is 31.3. The average Bonchev–Trinajstić information content (AvgIpc) is 3.29. The number of amides is 2. The fourth-order valence-corrected chi connectivity index (χ4v) is 11.4. The molecular weight excluding hydrogens is 1040 g/mol. The zero-order valence-electron chi connectivity index (χ0n) is 44.6. The number of nitrogens with two attached hydrogens (primary N) is 1. The lowest BCUT2D eigenvalue weighted by atomic mass is 9.95. The van der Waals surface area contributed by atoms with Crippen LogP contribution in [0.2, 0.25) is 0 Å². The molecule has 0 bridgehead atoms. The number of aliphatic hydroxyl groups excluding tert-OH is 5. The Bertz CT molecular complexity index is 1710. The Morgan fingerprint density at radius 2 is 1.07 bits per heavy atom.